The zero-order chi connectivity index (χ0) is 27.0. The molecule has 198 valence electrons. The van der Waals surface area contributed by atoms with Crippen LogP contribution in [0.2, 0.25) is 0 Å². The van der Waals surface area contributed by atoms with Crippen molar-refractivity contribution in [3.05, 3.63) is 65.2 Å². The van der Waals surface area contributed by atoms with Gasteiger partial charge in [0.05, 0.1) is 17.5 Å². The van der Waals surface area contributed by atoms with Crippen molar-refractivity contribution in [2.75, 3.05) is 16.4 Å². The van der Waals surface area contributed by atoms with Gasteiger partial charge < -0.3 is 15.0 Å². The molecule has 2 saturated heterocycles. The van der Waals surface area contributed by atoms with Gasteiger partial charge in [-0.15, -0.1) is 0 Å². The molecule has 0 aliphatic carbocycles. The van der Waals surface area contributed by atoms with Crippen molar-refractivity contribution in [1.82, 2.24) is 5.32 Å². The molecule has 0 bridgehead atoms. The molecule has 0 aromatic heterocycles. The fraction of sp³-hybridized carbons (Fsp3) is 0.444. The van der Waals surface area contributed by atoms with Crippen LogP contribution in [0.3, 0.4) is 0 Å². The van der Waals surface area contributed by atoms with Crippen molar-refractivity contribution in [2.45, 2.75) is 64.0 Å². The lowest BCUT2D eigenvalue weighted by atomic mass is 10.1. The Morgan fingerprint density at radius 2 is 1.84 bits per heavy atom. The number of amidine groups is 1. The van der Waals surface area contributed by atoms with E-state index in [0.29, 0.717) is 5.17 Å². The third-order valence-electron chi connectivity index (χ3n) is 6.17. The highest BCUT2D eigenvalue weighted by atomic mass is 32.2. The lowest BCUT2D eigenvalue weighted by Gasteiger charge is -2.27. The number of amides is 2. The number of nitrogens with zero attached hydrogens (tertiary/aromatic N) is 2. The van der Waals surface area contributed by atoms with Gasteiger partial charge in [0.15, 0.2) is 15.0 Å². The van der Waals surface area contributed by atoms with Gasteiger partial charge >= 0.3 is 6.09 Å². The molecule has 2 aromatic rings. The van der Waals surface area contributed by atoms with Crippen molar-refractivity contribution in [1.29, 1.82) is 0 Å². The number of fused-ring (bicyclic) bond motifs is 1. The first-order valence-corrected chi connectivity index (χ1v) is 14.9. The maximum atomic E-state index is 13.6. The second-order valence-electron chi connectivity index (χ2n) is 10.6. The van der Waals surface area contributed by atoms with Gasteiger partial charge in [0.1, 0.15) is 11.6 Å². The summed E-state index contributed by atoms with van der Waals surface area (Å²) in [6, 6.07) is 14.1. The number of aliphatic imine (C=N–C) groups is 1. The number of carbonyl (C=O) groups excluding carboxylic acids is 2. The van der Waals surface area contributed by atoms with Crippen molar-refractivity contribution < 1.29 is 22.7 Å². The highest BCUT2D eigenvalue weighted by molar-refractivity contribution is 8.16. The number of aryl methyl sites for hydroxylation is 2. The Labute approximate surface area is 222 Å². The van der Waals surface area contributed by atoms with Gasteiger partial charge in [-0.25, -0.2) is 13.2 Å². The molecule has 4 rings (SSSR count). The van der Waals surface area contributed by atoms with Crippen LogP contribution in [0.25, 0.3) is 0 Å². The van der Waals surface area contributed by atoms with Gasteiger partial charge in [-0.1, -0.05) is 54.2 Å². The first kappa shape index (κ1) is 27.2. The number of thioether (sulfide) groups is 1. The summed E-state index contributed by atoms with van der Waals surface area (Å²) in [5.74, 6) is -0.467. The average molecular weight is 544 g/mol. The molecule has 0 spiro atoms. The number of hydrogen-bond acceptors (Lipinski definition) is 6. The monoisotopic (exact) mass is 543 g/mol. The van der Waals surface area contributed by atoms with Gasteiger partial charge in [-0.2, -0.15) is 4.99 Å². The molecule has 37 heavy (non-hydrogen) atoms. The Morgan fingerprint density at radius 1 is 1.14 bits per heavy atom. The Bertz CT molecular complexity index is 1320. The predicted octanol–water partition coefficient (Wildman–Crippen LogP) is 4.04. The molecule has 8 nitrogen and oxygen atoms in total. The minimum atomic E-state index is -3.19. The van der Waals surface area contributed by atoms with E-state index in [9.17, 15) is 18.0 Å². The molecule has 2 aliphatic heterocycles. The van der Waals surface area contributed by atoms with E-state index in [1.165, 1.54) is 11.8 Å². The van der Waals surface area contributed by atoms with E-state index in [2.05, 4.69) is 10.3 Å². The fourth-order valence-corrected chi connectivity index (χ4v) is 8.41. The zero-order valence-electron chi connectivity index (χ0n) is 21.7. The van der Waals surface area contributed by atoms with Gasteiger partial charge in [0, 0.05) is 17.4 Å². The van der Waals surface area contributed by atoms with E-state index in [4.69, 9.17) is 4.74 Å². The van der Waals surface area contributed by atoms with Crippen LogP contribution < -0.4 is 10.2 Å². The van der Waals surface area contributed by atoms with E-state index in [1.54, 1.807) is 20.8 Å². The van der Waals surface area contributed by atoms with Crippen LogP contribution in [-0.4, -0.2) is 60.0 Å². The number of hydrogen-bond donors (Lipinski definition) is 1. The molecule has 0 unspecified atom stereocenters. The summed E-state index contributed by atoms with van der Waals surface area (Å²) >= 11 is 1.31. The van der Waals surface area contributed by atoms with E-state index in [-0.39, 0.29) is 29.2 Å². The quantitative estimate of drug-likeness (QED) is 0.607. The highest BCUT2D eigenvalue weighted by Gasteiger charge is 2.49. The van der Waals surface area contributed by atoms with E-state index in [1.807, 2.05) is 67.3 Å². The number of nitrogens with one attached hydrogen (secondary N) is 1. The molecular weight excluding hydrogens is 510 g/mol. The average Bonchev–Trinajstić information content (AvgIpc) is 3.25. The number of benzene rings is 2. The molecule has 2 aliphatic rings. The van der Waals surface area contributed by atoms with Crippen LogP contribution in [0.1, 0.15) is 37.5 Å². The summed E-state index contributed by atoms with van der Waals surface area (Å²) < 4.78 is 30.3. The number of ether oxygens (including phenoxy) is 1. The molecule has 2 fully saturated rings. The Balaban J connectivity index is 1.68. The summed E-state index contributed by atoms with van der Waals surface area (Å²) in [5.41, 5.74) is 2.96. The smallest absolute Gasteiger partial charge is 0.408 e. The number of sulfone groups is 1. The Hall–Kier alpha value is -2.85. The van der Waals surface area contributed by atoms with Crippen molar-refractivity contribution in [2.24, 2.45) is 4.99 Å². The largest absolute Gasteiger partial charge is 0.444 e. The number of rotatable bonds is 5. The van der Waals surface area contributed by atoms with Gasteiger partial charge in [0.2, 0.25) is 0 Å². The number of anilines is 1. The van der Waals surface area contributed by atoms with Crippen LogP contribution in [0.5, 0.6) is 0 Å². The molecule has 2 heterocycles. The molecule has 2 amide bonds. The summed E-state index contributed by atoms with van der Waals surface area (Å²) in [5, 5.41) is 2.92. The van der Waals surface area contributed by atoms with Crippen LogP contribution in [0.4, 0.5) is 10.5 Å². The van der Waals surface area contributed by atoms with Crippen LogP contribution in [0.15, 0.2) is 53.5 Å². The molecule has 0 radical (unpaired) electrons. The van der Waals surface area contributed by atoms with Crippen molar-refractivity contribution in [3.8, 4) is 0 Å². The SMILES string of the molecule is Cc1ccc(C)c(N2C(=NC(=O)[C@@H](Cc3ccccc3)NC(=O)OC(C)(C)C)S[C@@H]3CS(=O)(=O)C[C@@H]32)c1. The standard InChI is InChI=1S/C27H33N3O5S2/c1-17-11-12-18(2)21(13-17)30-22-15-37(33,34)16-23(22)36-25(30)29-24(31)20(14-19-9-7-6-8-10-19)28-26(32)35-27(3,4)5/h6-13,20,22-23H,14-16H2,1-5H3,(H,28,32)/t20-,22+,23-/m1/s1. The second kappa shape index (κ2) is 10.5. The van der Waals surface area contributed by atoms with Gasteiger partial charge in [-0.3, -0.25) is 4.79 Å². The normalized spacial score (nSPS) is 22.5. The third kappa shape index (κ3) is 6.73. The van der Waals surface area contributed by atoms with Crippen molar-refractivity contribution >= 4 is 44.5 Å². The zero-order valence-corrected chi connectivity index (χ0v) is 23.4. The maximum Gasteiger partial charge on any atom is 0.408 e. The lowest BCUT2D eigenvalue weighted by molar-refractivity contribution is -0.119. The Kier molecular flexibility index (Phi) is 7.71. The lowest BCUT2D eigenvalue weighted by Crippen LogP contribution is -2.45. The molecule has 0 saturated carbocycles. The topological polar surface area (TPSA) is 105 Å². The molecule has 2 aromatic carbocycles. The van der Waals surface area contributed by atoms with Crippen molar-refractivity contribution in [3.63, 3.8) is 0 Å². The first-order chi connectivity index (χ1) is 17.3. The molecule has 10 heteroatoms. The molecule has 1 N–H and O–H groups in total. The molecular formula is C27H33N3O5S2. The Morgan fingerprint density at radius 3 is 2.51 bits per heavy atom. The second-order valence-corrected chi connectivity index (χ2v) is 13.9. The van der Waals surface area contributed by atoms with Crippen LogP contribution in [0, 0.1) is 13.8 Å². The summed E-state index contributed by atoms with van der Waals surface area (Å²) in [7, 11) is -3.19. The van der Waals surface area contributed by atoms with E-state index < -0.39 is 33.5 Å². The predicted molar refractivity (Wildman–Crippen MR) is 148 cm³/mol. The van der Waals surface area contributed by atoms with Crippen LogP contribution in [-0.2, 0) is 25.8 Å². The number of carbonyl (C=O) groups is 2. The minimum Gasteiger partial charge on any atom is -0.444 e. The third-order valence-corrected chi connectivity index (χ3v) is 9.38. The first-order valence-electron chi connectivity index (χ1n) is 12.2. The maximum absolute atomic E-state index is 13.6. The van der Waals surface area contributed by atoms with Gasteiger partial charge in [0.25, 0.3) is 5.91 Å². The van der Waals surface area contributed by atoms with Gasteiger partial charge in [-0.05, 0) is 57.4 Å². The summed E-state index contributed by atoms with van der Waals surface area (Å²) in [4.78, 5) is 32.5. The molecule has 3 atom stereocenters. The minimum absolute atomic E-state index is 0.00879. The fourth-order valence-electron chi connectivity index (χ4n) is 4.50. The van der Waals surface area contributed by atoms with E-state index in [0.717, 1.165) is 22.4 Å². The summed E-state index contributed by atoms with van der Waals surface area (Å²) in [6.45, 7) is 9.19. The highest BCUT2D eigenvalue weighted by Crippen LogP contribution is 2.42. The van der Waals surface area contributed by atoms with E-state index >= 15 is 0 Å². The van der Waals surface area contributed by atoms with Crippen LogP contribution >= 0.6 is 11.8 Å². The summed E-state index contributed by atoms with van der Waals surface area (Å²) in [6.07, 6.45) is -0.458. The number of alkyl carbamates (subject to hydrolysis) is 1.